The molecule has 2 fully saturated rings. The van der Waals surface area contributed by atoms with Crippen LogP contribution < -0.4 is 10.1 Å². The van der Waals surface area contributed by atoms with Crippen LogP contribution in [0, 0.1) is 0 Å². The maximum atomic E-state index is 6.31. The molecule has 0 saturated carbocycles. The van der Waals surface area contributed by atoms with Gasteiger partial charge in [-0.1, -0.05) is 18.2 Å². The maximum absolute atomic E-state index is 6.31. The predicted octanol–water partition coefficient (Wildman–Crippen LogP) is 1.56. The van der Waals surface area contributed by atoms with Crippen LogP contribution in [0.4, 0.5) is 0 Å². The zero-order valence-electron chi connectivity index (χ0n) is 13.1. The summed E-state index contributed by atoms with van der Waals surface area (Å²) in [6.45, 7) is 7.74. The Morgan fingerprint density at radius 2 is 1.81 bits per heavy atom. The number of nitrogens with one attached hydrogen (secondary N) is 1. The molecule has 4 nitrogen and oxygen atoms in total. The number of likely N-dealkylation sites (tertiary alicyclic amines) is 1. The highest BCUT2D eigenvalue weighted by Gasteiger charge is 2.19. The molecule has 2 heterocycles. The van der Waals surface area contributed by atoms with E-state index in [9.17, 15) is 0 Å². The molecular weight excluding hydrogens is 262 g/mol. The Kier molecular flexibility index (Phi) is 5.12. The van der Waals surface area contributed by atoms with Gasteiger partial charge in [0.2, 0.25) is 0 Å². The van der Waals surface area contributed by atoms with Gasteiger partial charge < -0.3 is 15.0 Å². The molecule has 2 saturated heterocycles. The normalized spacial score (nSPS) is 22.3. The lowest BCUT2D eigenvalue weighted by atomic mass is 10.1. The molecule has 3 rings (SSSR count). The minimum Gasteiger partial charge on any atom is -0.490 e. The second kappa shape index (κ2) is 7.25. The summed E-state index contributed by atoms with van der Waals surface area (Å²) in [5.74, 6) is 1.09. The molecule has 0 bridgehead atoms. The average molecular weight is 289 g/mol. The molecule has 1 aromatic rings. The zero-order valence-corrected chi connectivity index (χ0v) is 13.1. The van der Waals surface area contributed by atoms with E-state index in [2.05, 4.69) is 46.4 Å². The van der Waals surface area contributed by atoms with Gasteiger partial charge in [-0.05, 0) is 26.0 Å². The molecule has 0 spiro atoms. The van der Waals surface area contributed by atoms with Crippen LogP contribution in [0.1, 0.15) is 18.4 Å². The van der Waals surface area contributed by atoms with Crippen molar-refractivity contribution >= 4 is 0 Å². The van der Waals surface area contributed by atoms with Crippen LogP contribution in [-0.2, 0) is 6.54 Å². The van der Waals surface area contributed by atoms with Crippen molar-refractivity contribution < 1.29 is 4.74 Å². The van der Waals surface area contributed by atoms with E-state index in [1.807, 2.05) is 0 Å². The molecule has 21 heavy (non-hydrogen) atoms. The SMILES string of the molecule is CN1CCC(Oc2ccccc2CN2CCNCC2)CC1. The van der Waals surface area contributed by atoms with E-state index in [-0.39, 0.29) is 0 Å². The topological polar surface area (TPSA) is 27.7 Å². The van der Waals surface area contributed by atoms with Crippen LogP contribution in [-0.4, -0.2) is 62.2 Å². The van der Waals surface area contributed by atoms with E-state index in [1.165, 1.54) is 5.56 Å². The molecule has 0 radical (unpaired) electrons. The Morgan fingerprint density at radius 3 is 2.57 bits per heavy atom. The Hall–Kier alpha value is -1.10. The second-order valence-electron chi connectivity index (χ2n) is 6.25. The highest BCUT2D eigenvalue weighted by Crippen LogP contribution is 2.24. The van der Waals surface area contributed by atoms with Gasteiger partial charge in [0.15, 0.2) is 0 Å². The van der Waals surface area contributed by atoms with Crippen LogP contribution in [0.5, 0.6) is 5.75 Å². The number of piperazine rings is 1. The predicted molar refractivity (Wildman–Crippen MR) is 85.7 cm³/mol. The fraction of sp³-hybridized carbons (Fsp3) is 0.647. The molecule has 0 aromatic heterocycles. The van der Waals surface area contributed by atoms with E-state index >= 15 is 0 Å². The van der Waals surface area contributed by atoms with E-state index in [0.29, 0.717) is 6.10 Å². The molecule has 0 amide bonds. The van der Waals surface area contributed by atoms with Crippen molar-refractivity contribution in [3.8, 4) is 5.75 Å². The first-order valence-electron chi connectivity index (χ1n) is 8.17. The lowest BCUT2D eigenvalue weighted by Crippen LogP contribution is -2.43. The number of para-hydroxylation sites is 1. The Morgan fingerprint density at radius 1 is 1.10 bits per heavy atom. The number of piperidine rings is 1. The molecule has 0 aliphatic carbocycles. The first kappa shape index (κ1) is 14.8. The highest BCUT2D eigenvalue weighted by atomic mass is 16.5. The summed E-state index contributed by atoms with van der Waals surface area (Å²) in [6.07, 6.45) is 2.65. The lowest BCUT2D eigenvalue weighted by molar-refractivity contribution is 0.112. The van der Waals surface area contributed by atoms with E-state index < -0.39 is 0 Å². The Labute approximate surface area is 128 Å². The van der Waals surface area contributed by atoms with Crippen molar-refractivity contribution in [3.63, 3.8) is 0 Å². The van der Waals surface area contributed by atoms with E-state index in [1.54, 1.807) is 0 Å². The summed E-state index contributed by atoms with van der Waals surface area (Å²) >= 11 is 0. The van der Waals surface area contributed by atoms with E-state index in [0.717, 1.165) is 64.4 Å². The molecule has 4 heteroatoms. The average Bonchev–Trinajstić information content (AvgIpc) is 2.52. The van der Waals surface area contributed by atoms with Gasteiger partial charge in [0, 0.05) is 51.4 Å². The summed E-state index contributed by atoms with van der Waals surface area (Å²) in [7, 11) is 2.19. The van der Waals surface area contributed by atoms with Gasteiger partial charge in [0.25, 0.3) is 0 Å². The molecule has 0 unspecified atom stereocenters. The van der Waals surface area contributed by atoms with Crippen LogP contribution in [0.15, 0.2) is 24.3 Å². The third-order valence-corrected chi connectivity index (χ3v) is 4.54. The molecule has 1 aromatic carbocycles. The van der Waals surface area contributed by atoms with Gasteiger partial charge in [-0.2, -0.15) is 0 Å². The molecule has 2 aliphatic heterocycles. The van der Waals surface area contributed by atoms with Crippen LogP contribution >= 0.6 is 0 Å². The standard InChI is InChI=1S/C17H27N3O/c1-19-10-6-16(7-11-19)21-17-5-3-2-4-15(17)14-20-12-8-18-9-13-20/h2-5,16,18H,6-14H2,1H3. The summed E-state index contributed by atoms with van der Waals surface area (Å²) in [4.78, 5) is 4.89. The summed E-state index contributed by atoms with van der Waals surface area (Å²) in [5.41, 5.74) is 1.33. The molecular formula is C17H27N3O. The van der Waals surface area contributed by atoms with Gasteiger partial charge >= 0.3 is 0 Å². The van der Waals surface area contributed by atoms with Gasteiger partial charge in [0.1, 0.15) is 11.9 Å². The lowest BCUT2D eigenvalue weighted by Gasteiger charge is -2.31. The van der Waals surface area contributed by atoms with Gasteiger partial charge in [-0.3, -0.25) is 4.90 Å². The summed E-state index contributed by atoms with van der Waals surface area (Å²) in [5, 5.41) is 3.41. The Bertz CT molecular complexity index is 437. The van der Waals surface area contributed by atoms with Gasteiger partial charge in [-0.25, -0.2) is 0 Å². The summed E-state index contributed by atoms with van der Waals surface area (Å²) in [6, 6.07) is 8.56. The van der Waals surface area contributed by atoms with Crippen LogP contribution in [0.2, 0.25) is 0 Å². The first-order valence-corrected chi connectivity index (χ1v) is 8.17. The van der Waals surface area contributed by atoms with Crippen LogP contribution in [0.25, 0.3) is 0 Å². The minimum atomic E-state index is 0.380. The van der Waals surface area contributed by atoms with Gasteiger partial charge in [-0.15, -0.1) is 0 Å². The third-order valence-electron chi connectivity index (χ3n) is 4.54. The monoisotopic (exact) mass is 289 g/mol. The zero-order chi connectivity index (χ0) is 14.5. The molecule has 116 valence electrons. The third kappa shape index (κ3) is 4.19. The second-order valence-corrected chi connectivity index (χ2v) is 6.25. The number of benzene rings is 1. The van der Waals surface area contributed by atoms with Crippen LogP contribution in [0.3, 0.4) is 0 Å². The number of nitrogens with zero attached hydrogens (tertiary/aromatic N) is 2. The largest absolute Gasteiger partial charge is 0.490 e. The minimum absolute atomic E-state index is 0.380. The highest BCUT2D eigenvalue weighted by molar-refractivity contribution is 5.33. The number of hydrogen-bond acceptors (Lipinski definition) is 4. The molecule has 1 N–H and O–H groups in total. The Balaban J connectivity index is 1.61. The fourth-order valence-corrected chi connectivity index (χ4v) is 3.14. The molecule has 0 atom stereocenters. The van der Waals surface area contributed by atoms with Crippen molar-refractivity contribution in [1.29, 1.82) is 0 Å². The maximum Gasteiger partial charge on any atom is 0.124 e. The molecule has 2 aliphatic rings. The van der Waals surface area contributed by atoms with Gasteiger partial charge in [0.05, 0.1) is 0 Å². The number of ether oxygens (including phenoxy) is 1. The number of hydrogen-bond donors (Lipinski definition) is 1. The van der Waals surface area contributed by atoms with Crippen molar-refractivity contribution in [2.45, 2.75) is 25.5 Å². The number of rotatable bonds is 4. The fourth-order valence-electron chi connectivity index (χ4n) is 3.14. The van der Waals surface area contributed by atoms with Crippen molar-refractivity contribution in [1.82, 2.24) is 15.1 Å². The van der Waals surface area contributed by atoms with Crippen molar-refractivity contribution in [2.75, 3.05) is 46.3 Å². The smallest absolute Gasteiger partial charge is 0.124 e. The van der Waals surface area contributed by atoms with E-state index in [4.69, 9.17) is 4.74 Å². The summed E-state index contributed by atoms with van der Waals surface area (Å²) < 4.78 is 6.31. The van der Waals surface area contributed by atoms with Crippen molar-refractivity contribution in [3.05, 3.63) is 29.8 Å². The van der Waals surface area contributed by atoms with Crippen molar-refractivity contribution in [2.24, 2.45) is 0 Å². The quantitative estimate of drug-likeness (QED) is 0.910. The first-order chi connectivity index (χ1) is 10.3.